The second kappa shape index (κ2) is 7.44. The minimum Gasteiger partial charge on any atom is -0.480 e. The number of aliphatic carboxylic acids is 1. The Balaban J connectivity index is 1.77. The topological polar surface area (TPSA) is 209 Å². The van der Waals surface area contributed by atoms with Gasteiger partial charge in [0.25, 0.3) is 0 Å². The van der Waals surface area contributed by atoms with Crippen molar-refractivity contribution in [3.63, 3.8) is 0 Å². The average molecular weight is 379 g/mol. The first kappa shape index (κ1) is 19.0. The van der Waals surface area contributed by atoms with Crippen LogP contribution in [0.4, 0.5) is 5.82 Å². The van der Waals surface area contributed by atoms with Crippen LogP contribution in [0.5, 0.6) is 0 Å². The molecule has 0 aliphatic carbocycles. The molecule has 12 heteroatoms. The number of aromatic nitrogens is 4. The first-order valence-corrected chi connectivity index (χ1v) is 8.21. The van der Waals surface area contributed by atoms with E-state index in [1.54, 1.807) is 0 Å². The summed E-state index contributed by atoms with van der Waals surface area (Å²) in [5.74, 6) is -0.858. The van der Waals surface area contributed by atoms with Crippen molar-refractivity contribution >= 4 is 23.0 Å². The number of ether oxygens (including phenoxy) is 1. The number of fused-ring (bicyclic) bond motifs is 1. The molecule has 9 N–H and O–H groups in total. The number of carboxylic acids is 1. The van der Waals surface area contributed by atoms with Crippen LogP contribution < -0.4 is 17.2 Å². The molecular formula is C15H21N7O5. The van der Waals surface area contributed by atoms with Crippen LogP contribution in [0.15, 0.2) is 24.5 Å². The number of hydrogen-bond donors (Lipinski definition) is 6. The Labute approximate surface area is 153 Å². The molecule has 1 fully saturated rings. The molecule has 1 aliphatic heterocycles. The van der Waals surface area contributed by atoms with Gasteiger partial charge < -0.3 is 37.3 Å². The standard InChI is InChI=1S/C15H21N7O5/c16-6(1-2-7(17)15(25)26)3-8-10(23)11(24)14(27-8)22-5-21-9-12(18)19-4-20-13(9)22/h3-7,10-11,14,23-24H,1-2,16-17H2,(H,25,26)(H2,18,19,20)/b8-3+. The van der Waals surface area contributed by atoms with E-state index in [4.69, 9.17) is 27.0 Å². The van der Waals surface area contributed by atoms with E-state index in [1.165, 1.54) is 23.3 Å². The zero-order valence-electron chi connectivity index (χ0n) is 14.2. The molecule has 3 heterocycles. The first-order valence-electron chi connectivity index (χ1n) is 8.21. The Kier molecular flexibility index (Phi) is 5.23. The number of imidazole rings is 1. The lowest BCUT2D eigenvalue weighted by Gasteiger charge is -2.16. The number of nitrogen functional groups attached to an aromatic ring is 1. The van der Waals surface area contributed by atoms with Gasteiger partial charge in [-0.3, -0.25) is 9.36 Å². The maximum atomic E-state index is 10.7. The Hall–Kier alpha value is -2.80. The molecule has 0 amide bonds. The Bertz CT molecular complexity index is 869. The monoisotopic (exact) mass is 379 g/mol. The number of carboxylic acid groups (broad SMARTS) is 1. The van der Waals surface area contributed by atoms with Gasteiger partial charge in [-0.1, -0.05) is 0 Å². The van der Waals surface area contributed by atoms with Gasteiger partial charge in [-0.25, -0.2) is 15.0 Å². The van der Waals surface area contributed by atoms with Crippen LogP contribution in [0.3, 0.4) is 0 Å². The van der Waals surface area contributed by atoms with E-state index in [1.807, 2.05) is 0 Å². The summed E-state index contributed by atoms with van der Waals surface area (Å²) in [5.41, 5.74) is 17.8. The summed E-state index contributed by atoms with van der Waals surface area (Å²) in [6, 6.07) is -1.63. The van der Waals surface area contributed by atoms with Gasteiger partial charge in [0.2, 0.25) is 6.23 Å². The van der Waals surface area contributed by atoms with E-state index in [0.717, 1.165) is 0 Å². The smallest absolute Gasteiger partial charge is 0.320 e. The van der Waals surface area contributed by atoms with E-state index in [-0.39, 0.29) is 24.4 Å². The lowest BCUT2D eigenvalue weighted by atomic mass is 10.1. The van der Waals surface area contributed by atoms with Crippen LogP contribution in [-0.4, -0.2) is 65.1 Å². The van der Waals surface area contributed by atoms with Gasteiger partial charge in [0, 0.05) is 6.04 Å². The van der Waals surface area contributed by atoms with Crippen molar-refractivity contribution < 1.29 is 24.9 Å². The normalized spacial score (nSPS) is 26.2. The Morgan fingerprint density at radius 2 is 2.04 bits per heavy atom. The van der Waals surface area contributed by atoms with Crippen LogP contribution in [-0.2, 0) is 9.53 Å². The van der Waals surface area contributed by atoms with Gasteiger partial charge in [-0.2, -0.15) is 0 Å². The second-order valence-corrected chi connectivity index (χ2v) is 6.28. The molecule has 5 atom stereocenters. The summed E-state index contributed by atoms with van der Waals surface area (Å²) in [4.78, 5) is 22.8. The van der Waals surface area contributed by atoms with Crippen molar-refractivity contribution in [2.24, 2.45) is 11.5 Å². The lowest BCUT2D eigenvalue weighted by molar-refractivity contribution is -0.138. The van der Waals surface area contributed by atoms with Crippen molar-refractivity contribution in [2.45, 2.75) is 43.4 Å². The molecule has 2 aromatic rings. The van der Waals surface area contributed by atoms with Crippen LogP contribution >= 0.6 is 0 Å². The van der Waals surface area contributed by atoms with Crippen molar-refractivity contribution in [1.29, 1.82) is 0 Å². The second-order valence-electron chi connectivity index (χ2n) is 6.28. The molecule has 1 aliphatic rings. The quantitative estimate of drug-likeness (QED) is 0.325. The number of carbonyl (C=O) groups is 1. The highest BCUT2D eigenvalue weighted by atomic mass is 16.5. The Morgan fingerprint density at radius 1 is 1.30 bits per heavy atom. The van der Waals surface area contributed by atoms with Gasteiger partial charge in [0.05, 0.1) is 0 Å². The van der Waals surface area contributed by atoms with E-state index < -0.39 is 36.5 Å². The molecule has 5 unspecified atom stereocenters. The van der Waals surface area contributed by atoms with E-state index in [9.17, 15) is 15.0 Å². The minimum atomic E-state index is -1.31. The molecule has 2 aromatic heterocycles. The van der Waals surface area contributed by atoms with Gasteiger partial charge in [0.15, 0.2) is 11.5 Å². The molecular weight excluding hydrogens is 358 g/mol. The van der Waals surface area contributed by atoms with Gasteiger partial charge >= 0.3 is 5.97 Å². The number of rotatable bonds is 6. The summed E-state index contributed by atoms with van der Waals surface area (Å²) >= 11 is 0. The fourth-order valence-electron chi connectivity index (χ4n) is 2.81. The number of aliphatic hydroxyl groups is 2. The third-order valence-corrected chi connectivity index (χ3v) is 4.33. The first-order chi connectivity index (χ1) is 12.8. The number of nitrogens with zero attached hydrogens (tertiary/aromatic N) is 4. The summed E-state index contributed by atoms with van der Waals surface area (Å²) in [5, 5.41) is 29.4. The zero-order chi connectivity index (χ0) is 19.7. The SMILES string of the molecule is Nc1ncnc2c1ncn2C1O/C(=C/C(N)CCC(N)C(=O)O)C(O)C1O. The lowest BCUT2D eigenvalue weighted by Crippen LogP contribution is -2.32. The van der Waals surface area contributed by atoms with Gasteiger partial charge in [0.1, 0.15) is 42.2 Å². The molecule has 0 aromatic carbocycles. The summed E-state index contributed by atoms with van der Waals surface area (Å²) in [6.45, 7) is 0. The maximum absolute atomic E-state index is 10.7. The van der Waals surface area contributed by atoms with E-state index in [0.29, 0.717) is 11.2 Å². The highest BCUT2D eigenvalue weighted by molar-refractivity contribution is 5.81. The van der Waals surface area contributed by atoms with Crippen LogP contribution in [0.25, 0.3) is 11.2 Å². The van der Waals surface area contributed by atoms with Gasteiger partial charge in [-0.05, 0) is 18.9 Å². The average Bonchev–Trinajstić information content (AvgIpc) is 3.17. The predicted octanol–water partition coefficient (Wildman–Crippen LogP) is -1.94. The van der Waals surface area contributed by atoms with E-state index in [2.05, 4.69) is 15.0 Å². The highest BCUT2D eigenvalue weighted by Crippen LogP contribution is 2.34. The molecule has 0 spiro atoms. The molecule has 0 saturated carbocycles. The molecule has 27 heavy (non-hydrogen) atoms. The van der Waals surface area contributed by atoms with Crippen LogP contribution in [0, 0.1) is 0 Å². The van der Waals surface area contributed by atoms with Gasteiger partial charge in [-0.15, -0.1) is 0 Å². The summed E-state index contributed by atoms with van der Waals surface area (Å²) < 4.78 is 7.10. The third-order valence-electron chi connectivity index (χ3n) is 4.33. The van der Waals surface area contributed by atoms with Crippen molar-refractivity contribution in [2.75, 3.05) is 5.73 Å². The molecule has 146 valence electrons. The zero-order valence-corrected chi connectivity index (χ0v) is 14.2. The molecule has 0 bridgehead atoms. The molecule has 1 saturated heterocycles. The predicted molar refractivity (Wildman–Crippen MR) is 92.8 cm³/mol. The minimum absolute atomic E-state index is 0.0766. The van der Waals surface area contributed by atoms with Crippen LogP contribution in [0.2, 0.25) is 0 Å². The Morgan fingerprint density at radius 3 is 2.74 bits per heavy atom. The maximum Gasteiger partial charge on any atom is 0.320 e. The number of anilines is 1. The van der Waals surface area contributed by atoms with Crippen molar-refractivity contribution in [3.05, 3.63) is 24.5 Å². The highest BCUT2D eigenvalue weighted by Gasteiger charge is 2.41. The van der Waals surface area contributed by atoms with Crippen molar-refractivity contribution in [1.82, 2.24) is 19.5 Å². The van der Waals surface area contributed by atoms with E-state index >= 15 is 0 Å². The number of nitrogens with two attached hydrogens (primary N) is 3. The molecule has 3 rings (SSSR count). The fourth-order valence-corrected chi connectivity index (χ4v) is 2.81. The fraction of sp³-hybridized carbons (Fsp3) is 0.467. The largest absolute Gasteiger partial charge is 0.480 e. The summed E-state index contributed by atoms with van der Waals surface area (Å²) in [7, 11) is 0. The third kappa shape index (κ3) is 3.68. The molecule has 12 nitrogen and oxygen atoms in total. The van der Waals surface area contributed by atoms with Crippen LogP contribution in [0.1, 0.15) is 19.1 Å². The molecule has 0 radical (unpaired) electrons. The number of hydrogen-bond acceptors (Lipinski definition) is 10. The number of aliphatic hydroxyl groups excluding tert-OH is 2. The van der Waals surface area contributed by atoms with Crippen molar-refractivity contribution in [3.8, 4) is 0 Å². The summed E-state index contributed by atoms with van der Waals surface area (Å²) in [6.07, 6.45) is 0.904.